The highest BCUT2D eigenvalue weighted by molar-refractivity contribution is 14.0. The maximum Gasteiger partial charge on any atom is 0.191 e. The number of ether oxygens (including phenoxy) is 1. The van der Waals surface area contributed by atoms with Crippen LogP contribution in [0.3, 0.4) is 0 Å². The number of aryl methyl sites for hydroxylation is 1. The predicted molar refractivity (Wildman–Crippen MR) is 123 cm³/mol. The first kappa shape index (κ1) is 23.4. The number of guanidine groups is 1. The summed E-state index contributed by atoms with van der Waals surface area (Å²) in [6, 6.07) is 0.466. The summed E-state index contributed by atoms with van der Waals surface area (Å²) >= 11 is 0. The van der Waals surface area contributed by atoms with Gasteiger partial charge in [0, 0.05) is 37.6 Å². The molecule has 0 aromatic carbocycles. The quantitative estimate of drug-likeness (QED) is 0.323. The fraction of sp³-hybridized carbons (Fsp3) is 0.850. The van der Waals surface area contributed by atoms with Crippen molar-refractivity contribution >= 4 is 29.9 Å². The van der Waals surface area contributed by atoms with Gasteiger partial charge in [0.15, 0.2) is 5.96 Å². The van der Waals surface area contributed by atoms with Crippen LogP contribution in [0.5, 0.6) is 0 Å². The first-order chi connectivity index (χ1) is 13.2. The summed E-state index contributed by atoms with van der Waals surface area (Å²) in [5.74, 6) is 1.94. The molecule has 2 fully saturated rings. The Bertz CT molecular complexity index is 614. The van der Waals surface area contributed by atoms with Gasteiger partial charge >= 0.3 is 0 Å². The zero-order valence-electron chi connectivity index (χ0n) is 17.6. The number of halogens is 1. The molecule has 2 atom stereocenters. The second-order valence-corrected chi connectivity index (χ2v) is 7.73. The summed E-state index contributed by atoms with van der Waals surface area (Å²) in [6.07, 6.45) is 10.7. The number of rotatable bonds is 8. The molecule has 8 heteroatoms. The van der Waals surface area contributed by atoms with Crippen molar-refractivity contribution in [2.75, 3.05) is 19.7 Å². The molecule has 2 N–H and O–H groups in total. The van der Waals surface area contributed by atoms with E-state index in [1.807, 2.05) is 0 Å². The molecular weight excluding hydrogens is 467 g/mol. The van der Waals surface area contributed by atoms with Gasteiger partial charge in [-0.1, -0.05) is 26.2 Å². The van der Waals surface area contributed by atoms with Gasteiger partial charge in [0.2, 0.25) is 0 Å². The average Bonchev–Trinajstić information content (AvgIpc) is 3.15. The van der Waals surface area contributed by atoms with Gasteiger partial charge in [-0.3, -0.25) is 4.99 Å². The zero-order chi connectivity index (χ0) is 19.1. The van der Waals surface area contributed by atoms with Gasteiger partial charge in [-0.15, -0.1) is 34.2 Å². The Balaban J connectivity index is 0.00000280. The predicted octanol–water partition coefficient (Wildman–Crippen LogP) is 3.14. The Labute approximate surface area is 186 Å². The smallest absolute Gasteiger partial charge is 0.191 e. The normalized spacial score (nSPS) is 23.8. The fourth-order valence-electron chi connectivity index (χ4n) is 4.76. The van der Waals surface area contributed by atoms with Crippen LogP contribution in [0.4, 0.5) is 0 Å². The summed E-state index contributed by atoms with van der Waals surface area (Å²) in [5.41, 5.74) is 0.300. The third-order valence-electron chi connectivity index (χ3n) is 6.22. The van der Waals surface area contributed by atoms with Crippen molar-refractivity contribution in [3.63, 3.8) is 0 Å². The third-order valence-corrected chi connectivity index (χ3v) is 6.22. The lowest BCUT2D eigenvalue weighted by molar-refractivity contribution is -0.145. The van der Waals surface area contributed by atoms with Crippen LogP contribution in [0.15, 0.2) is 11.3 Å². The minimum Gasteiger partial charge on any atom is -0.378 e. The van der Waals surface area contributed by atoms with Gasteiger partial charge in [0.1, 0.15) is 12.2 Å². The Morgan fingerprint density at radius 1 is 1.29 bits per heavy atom. The summed E-state index contributed by atoms with van der Waals surface area (Å²) in [5, 5.41) is 15.3. The minimum atomic E-state index is 0. The topological polar surface area (TPSA) is 76.4 Å². The van der Waals surface area contributed by atoms with Gasteiger partial charge in [-0.05, 0) is 33.1 Å². The van der Waals surface area contributed by atoms with Crippen molar-refractivity contribution in [1.82, 2.24) is 25.4 Å². The molecular formula is C20H37IN6O. The van der Waals surface area contributed by atoms with Gasteiger partial charge in [0.05, 0.1) is 12.6 Å². The van der Waals surface area contributed by atoms with Crippen LogP contribution in [-0.4, -0.2) is 52.6 Å². The average molecular weight is 504 g/mol. The van der Waals surface area contributed by atoms with Crippen molar-refractivity contribution in [3.05, 3.63) is 12.2 Å². The van der Waals surface area contributed by atoms with Crippen molar-refractivity contribution < 1.29 is 4.74 Å². The number of nitrogens with zero attached hydrogens (tertiary/aromatic N) is 4. The van der Waals surface area contributed by atoms with E-state index in [0.717, 1.165) is 50.9 Å². The molecule has 160 valence electrons. The Hall–Kier alpha value is -0.900. The molecule has 1 aromatic heterocycles. The second kappa shape index (κ2) is 11.3. The van der Waals surface area contributed by atoms with Gasteiger partial charge < -0.3 is 19.9 Å². The van der Waals surface area contributed by atoms with E-state index in [1.165, 1.54) is 32.1 Å². The lowest BCUT2D eigenvalue weighted by Crippen LogP contribution is -2.66. The fourth-order valence-corrected chi connectivity index (χ4v) is 4.76. The summed E-state index contributed by atoms with van der Waals surface area (Å²) in [4.78, 5) is 4.81. The minimum absolute atomic E-state index is 0. The van der Waals surface area contributed by atoms with Crippen molar-refractivity contribution in [2.45, 2.75) is 84.4 Å². The SMILES string of the molecule is CCNC(=NCCn1cnnc1CC)NC1CC(OCC)C12CCCCC2.I. The molecule has 2 unspecified atom stereocenters. The summed E-state index contributed by atoms with van der Waals surface area (Å²) < 4.78 is 8.17. The van der Waals surface area contributed by atoms with E-state index in [2.05, 4.69) is 46.2 Å². The van der Waals surface area contributed by atoms with Crippen molar-refractivity contribution in [2.24, 2.45) is 10.4 Å². The van der Waals surface area contributed by atoms with E-state index in [9.17, 15) is 0 Å². The maximum absolute atomic E-state index is 6.08. The Morgan fingerprint density at radius 2 is 2.07 bits per heavy atom. The number of aromatic nitrogens is 3. The highest BCUT2D eigenvalue weighted by Gasteiger charge is 2.55. The summed E-state index contributed by atoms with van der Waals surface area (Å²) in [6.45, 7) is 9.54. The van der Waals surface area contributed by atoms with E-state index < -0.39 is 0 Å². The molecule has 0 amide bonds. The largest absolute Gasteiger partial charge is 0.378 e. The van der Waals surface area contributed by atoms with Crippen LogP contribution < -0.4 is 10.6 Å². The number of hydrogen-bond donors (Lipinski definition) is 2. The molecule has 1 aromatic rings. The molecule has 0 aliphatic heterocycles. The van der Waals surface area contributed by atoms with Crippen LogP contribution in [0.2, 0.25) is 0 Å². The van der Waals surface area contributed by atoms with Crippen LogP contribution in [0.1, 0.15) is 65.1 Å². The lowest BCUT2D eigenvalue weighted by Gasteiger charge is -2.58. The molecule has 7 nitrogen and oxygen atoms in total. The van der Waals surface area contributed by atoms with Crippen LogP contribution >= 0.6 is 24.0 Å². The Kier molecular flexibility index (Phi) is 9.46. The van der Waals surface area contributed by atoms with Crippen LogP contribution in [0.25, 0.3) is 0 Å². The molecule has 1 heterocycles. The maximum atomic E-state index is 6.08. The highest BCUT2D eigenvalue weighted by Crippen LogP contribution is 2.53. The van der Waals surface area contributed by atoms with E-state index in [4.69, 9.17) is 9.73 Å². The van der Waals surface area contributed by atoms with Crippen LogP contribution in [0, 0.1) is 5.41 Å². The lowest BCUT2D eigenvalue weighted by atomic mass is 9.55. The molecule has 28 heavy (non-hydrogen) atoms. The number of aliphatic imine (C=N–C) groups is 1. The number of hydrogen-bond acceptors (Lipinski definition) is 4. The highest BCUT2D eigenvalue weighted by atomic mass is 127. The molecule has 0 saturated heterocycles. The number of nitrogens with one attached hydrogen (secondary N) is 2. The summed E-state index contributed by atoms with van der Waals surface area (Å²) in [7, 11) is 0. The monoisotopic (exact) mass is 504 g/mol. The molecule has 2 aliphatic carbocycles. The molecule has 0 radical (unpaired) electrons. The Morgan fingerprint density at radius 3 is 2.75 bits per heavy atom. The van der Waals surface area contributed by atoms with Crippen molar-refractivity contribution in [3.8, 4) is 0 Å². The first-order valence-electron chi connectivity index (χ1n) is 10.8. The van der Waals surface area contributed by atoms with Gasteiger partial charge in [0.25, 0.3) is 0 Å². The molecule has 3 rings (SSSR count). The van der Waals surface area contributed by atoms with E-state index in [0.29, 0.717) is 17.6 Å². The van der Waals surface area contributed by atoms with E-state index >= 15 is 0 Å². The second-order valence-electron chi connectivity index (χ2n) is 7.73. The molecule has 0 bridgehead atoms. The molecule has 2 aliphatic rings. The standard InChI is InChI=1S/C20H36N6O.HI/c1-4-18-25-23-15-26(18)13-12-22-19(21-5-2)24-16-14-17(27-6-3)20(16)10-8-7-9-11-20;/h15-17H,4-14H2,1-3H3,(H2,21,22,24);1H. The van der Waals surface area contributed by atoms with Gasteiger partial charge in [-0.25, -0.2) is 0 Å². The van der Waals surface area contributed by atoms with E-state index in [1.54, 1.807) is 6.33 Å². The van der Waals surface area contributed by atoms with Crippen molar-refractivity contribution in [1.29, 1.82) is 0 Å². The third kappa shape index (κ3) is 5.17. The van der Waals surface area contributed by atoms with E-state index in [-0.39, 0.29) is 24.0 Å². The zero-order valence-corrected chi connectivity index (χ0v) is 19.9. The molecule has 2 saturated carbocycles. The van der Waals surface area contributed by atoms with Crippen LogP contribution in [-0.2, 0) is 17.7 Å². The first-order valence-corrected chi connectivity index (χ1v) is 10.8. The molecule has 1 spiro atoms. The van der Waals surface area contributed by atoms with Gasteiger partial charge in [-0.2, -0.15) is 0 Å².